The van der Waals surface area contributed by atoms with Gasteiger partial charge in [-0.25, -0.2) is 4.79 Å². The number of benzene rings is 3. The van der Waals surface area contributed by atoms with Crippen molar-refractivity contribution < 1.29 is 36.1 Å². The van der Waals surface area contributed by atoms with Gasteiger partial charge in [-0.15, -0.1) is 0 Å². The van der Waals surface area contributed by atoms with Gasteiger partial charge in [-0.05, 0) is 35.2 Å². The van der Waals surface area contributed by atoms with Crippen molar-refractivity contribution in [1.29, 1.82) is 0 Å². The number of nitrogens with zero attached hydrogens (tertiary/aromatic N) is 1. The second kappa shape index (κ2) is 11.6. The Kier molecular flexibility index (Phi) is 8.71. The van der Waals surface area contributed by atoms with Crippen LogP contribution in [0.15, 0.2) is 89.4 Å². The lowest BCUT2D eigenvalue weighted by Gasteiger charge is -2.52. The Morgan fingerprint density at radius 3 is 2.03 bits per heavy atom. The molecule has 1 atom stereocenters. The molecule has 3 aromatic carbocycles. The summed E-state index contributed by atoms with van der Waals surface area (Å²) in [5.74, 6) is -0.192. The smallest absolute Gasteiger partial charge is 0.348 e. The van der Waals surface area contributed by atoms with Crippen molar-refractivity contribution in [2.75, 3.05) is 26.2 Å². The number of aryl methyl sites for hydroxylation is 1. The number of halogens is 2. The second-order valence-electron chi connectivity index (χ2n) is 10.1. The monoisotopic (exact) mass is 613 g/mol. The molecule has 1 N–H and O–H groups in total. The normalized spacial score (nSPS) is 23.1. The molecule has 0 amide bonds. The predicted octanol–water partition coefficient (Wildman–Crippen LogP) is 2.47. The van der Waals surface area contributed by atoms with Gasteiger partial charge >= 0.3 is 5.97 Å². The van der Waals surface area contributed by atoms with E-state index in [-0.39, 0.29) is 23.1 Å². The molecule has 3 saturated heterocycles. The van der Waals surface area contributed by atoms with Crippen LogP contribution in [0.4, 0.5) is 0 Å². The molecule has 6 rings (SSSR count). The van der Waals surface area contributed by atoms with Crippen molar-refractivity contribution in [3.05, 3.63) is 106 Å². The van der Waals surface area contributed by atoms with Crippen LogP contribution >= 0.6 is 15.9 Å². The van der Waals surface area contributed by atoms with Gasteiger partial charge in [-0.3, -0.25) is 0 Å². The van der Waals surface area contributed by atoms with E-state index < -0.39 is 11.6 Å². The van der Waals surface area contributed by atoms with Crippen LogP contribution in [0.1, 0.15) is 36.0 Å². The van der Waals surface area contributed by atoms with Crippen LogP contribution in [0.5, 0.6) is 0 Å². The summed E-state index contributed by atoms with van der Waals surface area (Å²) in [5, 5.41) is 11.8. The van der Waals surface area contributed by atoms with Crippen LogP contribution in [0.3, 0.4) is 0 Å². The molecule has 1 unspecified atom stereocenters. The first-order chi connectivity index (χ1) is 17.0. The molecular formula is C30H33Br2NO3. The van der Waals surface area contributed by atoms with Crippen LogP contribution in [-0.4, -0.2) is 47.8 Å². The SMILES string of the molecule is O=C(OC1C[N+]2(CCCc3ccc(Br)cc3)CCC1CC2)C(O)(c1ccccc1)c1ccccc1.[Br-]. The van der Waals surface area contributed by atoms with Gasteiger partial charge in [0.15, 0.2) is 6.10 Å². The molecule has 0 radical (unpaired) electrons. The highest BCUT2D eigenvalue weighted by atomic mass is 79.9. The first kappa shape index (κ1) is 27.1. The highest BCUT2D eigenvalue weighted by molar-refractivity contribution is 9.10. The Morgan fingerprint density at radius 2 is 1.47 bits per heavy atom. The molecular weight excluding hydrogens is 582 g/mol. The Labute approximate surface area is 232 Å². The molecule has 0 aromatic heterocycles. The van der Waals surface area contributed by atoms with Crippen molar-refractivity contribution in [3.63, 3.8) is 0 Å². The Morgan fingerprint density at radius 1 is 0.917 bits per heavy atom. The maximum absolute atomic E-state index is 13.7. The molecule has 3 aromatic rings. The summed E-state index contributed by atoms with van der Waals surface area (Å²) in [5.41, 5.74) is 0.616. The number of quaternary nitrogens is 1. The summed E-state index contributed by atoms with van der Waals surface area (Å²) in [6, 6.07) is 26.9. The average Bonchev–Trinajstić information content (AvgIpc) is 2.91. The zero-order valence-corrected chi connectivity index (χ0v) is 23.5. The van der Waals surface area contributed by atoms with Crippen LogP contribution in [0, 0.1) is 5.92 Å². The predicted molar refractivity (Wildman–Crippen MR) is 141 cm³/mol. The van der Waals surface area contributed by atoms with E-state index in [4.69, 9.17) is 4.74 Å². The first-order valence-electron chi connectivity index (χ1n) is 12.6. The third kappa shape index (κ3) is 5.62. The quantitative estimate of drug-likeness (QED) is 0.313. The largest absolute Gasteiger partial charge is 1.00 e. The minimum atomic E-state index is -1.82. The average molecular weight is 615 g/mol. The molecule has 3 aliphatic rings. The summed E-state index contributed by atoms with van der Waals surface area (Å²) in [7, 11) is 0. The van der Waals surface area contributed by atoms with Crippen molar-refractivity contribution >= 4 is 21.9 Å². The van der Waals surface area contributed by atoms with Gasteiger partial charge in [0.05, 0.1) is 19.6 Å². The van der Waals surface area contributed by atoms with Crippen molar-refractivity contribution in [2.24, 2.45) is 5.92 Å². The summed E-state index contributed by atoms with van der Waals surface area (Å²) in [6.45, 7) is 4.25. The van der Waals surface area contributed by atoms with Gasteiger partial charge < -0.3 is 31.3 Å². The molecule has 2 bridgehead atoms. The third-order valence-electron chi connectivity index (χ3n) is 7.99. The zero-order chi connectivity index (χ0) is 24.3. The van der Waals surface area contributed by atoms with Gasteiger partial charge in [0, 0.05) is 29.7 Å². The zero-order valence-electron chi connectivity index (χ0n) is 20.4. The maximum atomic E-state index is 13.7. The Hall–Kier alpha value is -1.99. The number of rotatable bonds is 8. The number of hydrogen-bond donors (Lipinski definition) is 1. The highest BCUT2D eigenvalue weighted by Gasteiger charge is 2.50. The van der Waals surface area contributed by atoms with Gasteiger partial charge in [0.25, 0.3) is 0 Å². The molecule has 36 heavy (non-hydrogen) atoms. The van der Waals surface area contributed by atoms with Gasteiger partial charge in [0.1, 0.15) is 6.54 Å². The summed E-state index contributed by atoms with van der Waals surface area (Å²) in [6.07, 6.45) is 4.17. The van der Waals surface area contributed by atoms with Crippen molar-refractivity contribution in [1.82, 2.24) is 0 Å². The van der Waals surface area contributed by atoms with Gasteiger partial charge in [-0.2, -0.15) is 0 Å². The molecule has 0 spiro atoms. The van der Waals surface area contributed by atoms with Crippen molar-refractivity contribution in [3.8, 4) is 0 Å². The molecule has 3 aliphatic heterocycles. The minimum absolute atomic E-state index is 0. The lowest BCUT2D eigenvalue weighted by atomic mass is 9.82. The number of esters is 1. The third-order valence-corrected chi connectivity index (χ3v) is 8.52. The van der Waals surface area contributed by atoms with E-state index >= 15 is 0 Å². The van der Waals surface area contributed by atoms with Crippen LogP contribution in [0.25, 0.3) is 0 Å². The first-order valence-corrected chi connectivity index (χ1v) is 13.4. The summed E-state index contributed by atoms with van der Waals surface area (Å²) >= 11 is 3.51. The minimum Gasteiger partial charge on any atom is -1.00 e. The summed E-state index contributed by atoms with van der Waals surface area (Å²) < 4.78 is 8.31. The van der Waals surface area contributed by atoms with E-state index in [2.05, 4.69) is 40.2 Å². The lowest BCUT2D eigenvalue weighted by molar-refractivity contribution is -0.946. The number of fused-ring (bicyclic) bond motifs is 3. The number of carbonyl (C=O) groups excluding carboxylic acids is 1. The molecule has 190 valence electrons. The van der Waals surface area contributed by atoms with Crippen LogP contribution in [0.2, 0.25) is 0 Å². The molecule has 3 heterocycles. The van der Waals surface area contributed by atoms with Gasteiger partial charge in [-0.1, -0.05) is 88.7 Å². The number of aliphatic hydroxyl groups is 1. The maximum Gasteiger partial charge on any atom is 0.348 e. The van der Waals surface area contributed by atoms with E-state index in [0.717, 1.165) is 60.8 Å². The summed E-state index contributed by atoms with van der Waals surface area (Å²) in [4.78, 5) is 13.7. The van der Waals surface area contributed by atoms with E-state index in [1.807, 2.05) is 36.4 Å². The van der Waals surface area contributed by atoms with Crippen molar-refractivity contribution in [2.45, 2.75) is 37.4 Å². The van der Waals surface area contributed by atoms with E-state index in [9.17, 15) is 9.90 Å². The van der Waals surface area contributed by atoms with E-state index in [1.165, 1.54) is 5.56 Å². The molecule has 0 saturated carbocycles. The fourth-order valence-electron chi connectivity index (χ4n) is 5.92. The number of ether oxygens (including phenoxy) is 1. The Balaban J connectivity index is 0.00000304. The topological polar surface area (TPSA) is 46.5 Å². The number of hydrogen-bond acceptors (Lipinski definition) is 3. The second-order valence-corrected chi connectivity index (χ2v) is 11.1. The molecule has 3 fully saturated rings. The van der Waals surface area contributed by atoms with Gasteiger partial charge in [0.2, 0.25) is 5.60 Å². The highest BCUT2D eigenvalue weighted by Crippen LogP contribution is 2.38. The number of piperidine rings is 3. The van der Waals surface area contributed by atoms with E-state index in [1.54, 1.807) is 24.3 Å². The molecule has 0 aliphatic carbocycles. The fraction of sp³-hybridized carbons (Fsp3) is 0.367. The fourth-order valence-corrected chi connectivity index (χ4v) is 6.19. The number of carbonyl (C=O) groups is 1. The van der Waals surface area contributed by atoms with Crippen LogP contribution < -0.4 is 17.0 Å². The van der Waals surface area contributed by atoms with Crippen LogP contribution in [-0.2, 0) is 21.6 Å². The Bertz CT molecular complexity index is 1090. The standard InChI is InChI=1S/C30H33BrNO3.BrH/c31-27-15-13-23(14-16-27)8-7-19-32-20-17-24(18-21-32)28(22-32)35-29(33)30(34,25-9-3-1-4-10-25)26-11-5-2-6-12-26;/h1-6,9-16,24,28,34H,7-8,17-22H2;1H/q+1;/p-1. The lowest BCUT2D eigenvalue weighted by Crippen LogP contribution is -3.00. The molecule has 4 nitrogen and oxygen atoms in total. The molecule has 6 heteroatoms. The van der Waals surface area contributed by atoms with E-state index in [0.29, 0.717) is 17.0 Å².